The number of thiazole rings is 1. The maximum absolute atomic E-state index is 12.4. The number of amides is 1. The molecule has 0 aliphatic carbocycles. The van der Waals surface area contributed by atoms with E-state index < -0.39 is 5.91 Å². The Morgan fingerprint density at radius 3 is 2.85 bits per heavy atom. The topological polar surface area (TPSA) is 93.6 Å². The highest BCUT2D eigenvalue weighted by molar-refractivity contribution is 7.09. The van der Waals surface area contributed by atoms with E-state index in [0.29, 0.717) is 23.7 Å². The standard InChI is InChI=1S/C18H17N3O4S/c1-11-20-13(10-26-11)9-25-15-6-5-12(8-16(15)24-2)18(23)21-17-14(22)4-3-7-19-17/h3-8,10,22H,9H2,1-2H3,(H,19,21,23). The number of nitrogens with zero attached hydrogens (tertiary/aromatic N) is 2. The summed E-state index contributed by atoms with van der Waals surface area (Å²) in [5.74, 6) is 0.506. The van der Waals surface area contributed by atoms with Gasteiger partial charge in [-0.2, -0.15) is 0 Å². The maximum atomic E-state index is 12.4. The van der Waals surface area contributed by atoms with Crippen LogP contribution in [0, 0.1) is 6.92 Å². The molecule has 2 aromatic heterocycles. The van der Waals surface area contributed by atoms with Gasteiger partial charge < -0.3 is 19.9 Å². The summed E-state index contributed by atoms with van der Waals surface area (Å²) in [6.45, 7) is 2.25. The Hall–Kier alpha value is -3.13. The van der Waals surface area contributed by atoms with Gasteiger partial charge in [0.15, 0.2) is 23.1 Å². The monoisotopic (exact) mass is 371 g/mol. The predicted octanol–water partition coefficient (Wildman–Crippen LogP) is 3.39. The van der Waals surface area contributed by atoms with Gasteiger partial charge in [-0.1, -0.05) is 0 Å². The second kappa shape index (κ2) is 7.83. The number of carbonyl (C=O) groups excluding carboxylic acids is 1. The fraction of sp³-hybridized carbons (Fsp3) is 0.167. The van der Waals surface area contributed by atoms with E-state index in [1.54, 1.807) is 35.6 Å². The summed E-state index contributed by atoms with van der Waals surface area (Å²) < 4.78 is 11.1. The lowest BCUT2D eigenvalue weighted by Gasteiger charge is -2.12. The molecular weight excluding hydrogens is 354 g/mol. The number of ether oxygens (including phenoxy) is 2. The third-order valence-corrected chi connectivity index (χ3v) is 4.31. The van der Waals surface area contributed by atoms with Crippen LogP contribution in [-0.4, -0.2) is 28.1 Å². The summed E-state index contributed by atoms with van der Waals surface area (Å²) in [5, 5.41) is 15.2. The lowest BCUT2D eigenvalue weighted by molar-refractivity contribution is 0.102. The lowest BCUT2D eigenvalue weighted by atomic mass is 10.2. The van der Waals surface area contributed by atoms with Gasteiger partial charge in [0, 0.05) is 17.1 Å². The fourth-order valence-electron chi connectivity index (χ4n) is 2.23. The molecule has 0 atom stereocenters. The van der Waals surface area contributed by atoms with Crippen LogP contribution < -0.4 is 14.8 Å². The quantitative estimate of drug-likeness (QED) is 0.690. The van der Waals surface area contributed by atoms with Crippen molar-refractivity contribution in [3.05, 3.63) is 58.2 Å². The molecule has 3 aromatic rings. The first-order valence-electron chi connectivity index (χ1n) is 7.74. The van der Waals surface area contributed by atoms with Crippen molar-refractivity contribution in [3.8, 4) is 17.2 Å². The number of hydrogen-bond donors (Lipinski definition) is 2. The van der Waals surface area contributed by atoms with Crippen LogP contribution in [0.2, 0.25) is 0 Å². The summed E-state index contributed by atoms with van der Waals surface area (Å²) in [5.41, 5.74) is 1.19. The molecule has 1 aromatic carbocycles. The Morgan fingerprint density at radius 2 is 2.15 bits per heavy atom. The third-order valence-electron chi connectivity index (χ3n) is 3.49. The van der Waals surface area contributed by atoms with Gasteiger partial charge in [0.05, 0.1) is 17.8 Å². The van der Waals surface area contributed by atoms with E-state index in [1.165, 1.54) is 19.4 Å². The van der Waals surface area contributed by atoms with E-state index in [0.717, 1.165) is 10.7 Å². The second-order valence-corrected chi connectivity index (χ2v) is 6.40. The molecule has 3 rings (SSSR count). The molecule has 0 bridgehead atoms. The number of rotatable bonds is 6. The normalized spacial score (nSPS) is 10.4. The zero-order valence-corrected chi connectivity index (χ0v) is 15.0. The number of aromatic nitrogens is 2. The van der Waals surface area contributed by atoms with Crippen molar-refractivity contribution in [2.75, 3.05) is 12.4 Å². The number of benzene rings is 1. The average Bonchev–Trinajstić information content (AvgIpc) is 3.07. The maximum Gasteiger partial charge on any atom is 0.257 e. The van der Waals surface area contributed by atoms with Crippen molar-refractivity contribution in [2.24, 2.45) is 0 Å². The van der Waals surface area contributed by atoms with E-state index in [-0.39, 0.29) is 11.6 Å². The molecule has 0 fully saturated rings. The van der Waals surface area contributed by atoms with Gasteiger partial charge in [0.2, 0.25) is 0 Å². The number of methoxy groups -OCH3 is 1. The summed E-state index contributed by atoms with van der Waals surface area (Å²) in [6, 6.07) is 7.85. The van der Waals surface area contributed by atoms with Crippen LogP contribution in [0.1, 0.15) is 21.1 Å². The Balaban J connectivity index is 1.73. The van der Waals surface area contributed by atoms with Crippen LogP contribution in [0.15, 0.2) is 41.9 Å². The van der Waals surface area contributed by atoms with E-state index in [1.807, 2.05) is 12.3 Å². The van der Waals surface area contributed by atoms with Gasteiger partial charge in [-0.25, -0.2) is 9.97 Å². The van der Waals surface area contributed by atoms with Crippen LogP contribution in [0.25, 0.3) is 0 Å². The van der Waals surface area contributed by atoms with E-state index in [4.69, 9.17) is 9.47 Å². The molecular formula is C18H17N3O4S. The molecule has 7 nitrogen and oxygen atoms in total. The molecule has 0 spiro atoms. The Kier molecular flexibility index (Phi) is 5.33. The van der Waals surface area contributed by atoms with Crippen molar-refractivity contribution >= 4 is 23.1 Å². The Bertz CT molecular complexity index is 926. The van der Waals surface area contributed by atoms with Gasteiger partial charge in [0.25, 0.3) is 5.91 Å². The number of nitrogens with one attached hydrogen (secondary N) is 1. The highest BCUT2D eigenvalue weighted by Gasteiger charge is 2.14. The minimum atomic E-state index is -0.418. The zero-order chi connectivity index (χ0) is 18.5. The molecule has 0 aliphatic rings. The highest BCUT2D eigenvalue weighted by Crippen LogP contribution is 2.29. The smallest absolute Gasteiger partial charge is 0.257 e. The van der Waals surface area contributed by atoms with Gasteiger partial charge in [-0.3, -0.25) is 4.79 Å². The molecule has 1 amide bonds. The molecule has 2 heterocycles. The first-order valence-corrected chi connectivity index (χ1v) is 8.62. The van der Waals surface area contributed by atoms with Crippen molar-refractivity contribution in [3.63, 3.8) is 0 Å². The van der Waals surface area contributed by atoms with Crippen LogP contribution in [0.5, 0.6) is 17.2 Å². The summed E-state index contributed by atoms with van der Waals surface area (Å²) in [4.78, 5) is 20.6. The second-order valence-electron chi connectivity index (χ2n) is 5.34. The molecule has 26 heavy (non-hydrogen) atoms. The van der Waals surface area contributed by atoms with Crippen LogP contribution in [-0.2, 0) is 6.61 Å². The first-order chi connectivity index (χ1) is 12.6. The van der Waals surface area contributed by atoms with Gasteiger partial charge in [-0.05, 0) is 37.3 Å². The lowest BCUT2D eigenvalue weighted by Crippen LogP contribution is -2.13. The Morgan fingerprint density at radius 1 is 1.31 bits per heavy atom. The Labute approximate surface area is 154 Å². The predicted molar refractivity (Wildman–Crippen MR) is 98.0 cm³/mol. The molecule has 0 aliphatic heterocycles. The molecule has 8 heteroatoms. The third kappa shape index (κ3) is 4.09. The number of anilines is 1. The van der Waals surface area contributed by atoms with Crippen molar-refractivity contribution in [1.29, 1.82) is 0 Å². The summed E-state index contributed by atoms with van der Waals surface area (Å²) >= 11 is 1.56. The highest BCUT2D eigenvalue weighted by atomic mass is 32.1. The number of aryl methyl sites for hydroxylation is 1. The number of hydrogen-bond acceptors (Lipinski definition) is 7. The van der Waals surface area contributed by atoms with E-state index in [2.05, 4.69) is 15.3 Å². The van der Waals surface area contributed by atoms with Crippen LogP contribution >= 0.6 is 11.3 Å². The van der Waals surface area contributed by atoms with Crippen molar-refractivity contribution in [2.45, 2.75) is 13.5 Å². The molecule has 2 N–H and O–H groups in total. The van der Waals surface area contributed by atoms with Crippen LogP contribution in [0.4, 0.5) is 5.82 Å². The molecule has 134 valence electrons. The van der Waals surface area contributed by atoms with E-state index in [9.17, 15) is 9.90 Å². The van der Waals surface area contributed by atoms with E-state index >= 15 is 0 Å². The largest absolute Gasteiger partial charge is 0.504 e. The number of carbonyl (C=O) groups is 1. The van der Waals surface area contributed by atoms with Crippen molar-refractivity contribution < 1.29 is 19.4 Å². The SMILES string of the molecule is COc1cc(C(=O)Nc2ncccc2O)ccc1OCc1csc(C)n1. The van der Waals surface area contributed by atoms with Crippen molar-refractivity contribution in [1.82, 2.24) is 9.97 Å². The summed E-state index contributed by atoms with van der Waals surface area (Å²) in [7, 11) is 1.50. The molecule has 0 unspecified atom stereocenters. The molecule has 0 saturated heterocycles. The zero-order valence-electron chi connectivity index (χ0n) is 14.2. The number of aromatic hydroxyl groups is 1. The fourth-order valence-corrected chi connectivity index (χ4v) is 2.82. The minimum absolute atomic E-state index is 0.0932. The molecule has 0 saturated carbocycles. The van der Waals surface area contributed by atoms with Gasteiger partial charge in [-0.15, -0.1) is 11.3 Å². The first kappa shape index (κ1) is 17.7. The number of pyridine rings is 1. The molecule has 0 radical (unpaired) electrons. The van der Waals surface area contributed by atoms with Crippen LogP contribution in [0.3, 0.4) is 0 Å². The minimum Gasteiger partial charge on any atom is -0.504 e. The van der Waals surface area contributed by atoms with Gasteiger partial charge >= 0.3 is 0 Å². The van der Waals surface area contributed by atoms with Gasteiger partial charge in [0.1, 0.15) is 6.61 Å². The average molecular weight is 371 g/mol. The summed E-state index contributed by atoms with van der Waals surface area (Å²) in [6.07, 6.45) is 1.48.